The molecule has 1 aliphatic heterocycles. The molecule has 1 atom stereocenters. The normalized spacial score (nSPS) is 16.5. The average molecular weight is 371 g/mol. The van der Waals surface area contributed by atoms with Crippen molar-refractivity contribution in [1.29, 1.82) is 0 Å². The topological polar surface area (TPSA) is 74.5 Å². The summed E-state index contributed by atoms with van der Waals surface area (Å²) in [5.41, 5.74) is 2.28. The van der Waals surface area contributed by atoms with E-state index < -0.39 is 0 Å². The Labute approximate surface area is 161 Å². The first kappa shape index (κ1) is 19.1. The molecule has 0 spiro atoms. The molecule has 0 aliphatic carbocycles. The van der Waals surface area contributed by atoms with Gasteiger partial charge in [0.1, 0.15) is 0 Å². The average Bonchev–Trinajstić information content (AvgIpc) is 3.00. The van der Waals surface area contributed by atoms with Gasteiger partial charge in [-0.15, -0.1) is 0 Å². The molecular weight excluding hydrogens is 340 g/mol. The maximum atomic E-state index is 4.56. The molecule has 8 nitrogen and oxygen atoms in total. The highest BCUT2D eigenvalue weighted by Gasteiger charge is 2.21. The van der Waals surface area contributed by atoms with Crippen LogP contribution < -0.4 is 10.2 Å². The Morgan fingerprint density at radius 1 is 1.19 bits per heavy atom. The Hall–Kier alpha value is -2.64. The van der Waals surface area contributed by atoms with Crippen molar-refractivity contribution in [3.63, 3.8) is 0 Å². The molecule has 3 rings (SSSR count). The van der Waals surface area contributed by atoms with Gasteiger partial charge in [0.15, 0.2) is 5.96 Å². The van der Waals surface area contributed by atoms with E-state index in [4.69, 9.17) is 0 Å². The van der Waals surface area contributed by atoms with Crippen LogP contribution in [0.15, 0.2) is 29.5 Å². The van der Waals surface area contributed by atoms with E-state index >= 15 is 0 Å². The maximum absolute atomic E-state index is 4.56. The molecule has 1 aliphatic rings. The van der Waals surface area contributed by atoms with E-state index in [0.29, 0.717) is 5.92 Å². The standard InChI is InChI=1S/C19H30N8/c1-15(14-27-17(3)12-16(2)24-27)13-23-18(20-4)25-8-10-26(11-9-25)19-21-6-5-7-22-19/h5-7,12,15H,8-11,13-14H2,1-4H3,(H,20,23). The number of hydrogen-bond donors (Lipinski definition) is 1. The maximum Gasteiger partial charge on any atom is 0.225 e. The highest BCUT2D eigenvalue weighted by atomic mass is 15.4. The molecule has 1 unspecified atom stereocenters. The summed E-state index contributed by atoms with van der Waals surface area (Å²) in [6, 6.07) is 3.97. The van der Waals surface area contributed by atoms with Gasteiger partial charge in [-0.25, -0.2) is 9.97 Å². The number of aryl methyl sites for hydroxylation is 2. The van der Waals surface area contributed by atoms with E-state index in [1.807, 2.05) is 20.0 Å². The van der Waals surface area contributed by atoms with Gasteiger partial charge >= 0.3 is 0 Å². The van der Waals surface area contributed by atoms with Crippen LogP contribution in [0.25, 0.3) is 0 Å². The van der Waals surface area contributed by atoms with Crippen LogP contribution in [0.5, 0.6) is 0 Å². The van der Waals surface area contributed by atoms with Gasteiger partial charge in [0, 0.05) is 64.4 Å². The molecule has 0 aromatic carbocycles. The molecule has 3 heterocycles. The monoisotopic (exact) mass is 370 g/mol. The first-order chi connectivity index (χ1) is 13.1. The van der Waals surface area contributed by atoms with Gasteiger partial charge in [-0.05, 0) is 31.9 Å². The molecule has 0 saturated carbocycles. The molecule has 1 saturated heterocycles. The Balaban J connectivity index is 1.47. The summed E-state index contributed by atoms with van der Waals surface area (Å²) in [4.78, 5) is 17.7. The van der Waals surface area contributed by atoms with E-state index in [1.165, 1.54) is 5.69 Å². The summed E-state index contributed by atoms with van der Waals surface area (Å²) < 4.78 is 2.09. The molecular formula is C19H30N8. The number of guanidine groups is 1. The van der Waals surface area contributed by atoms with Crippen molar-refractivity contribution in [3.05, 3.63) is 35.9 Å². The van der Waals surface area contributed by atoms with Crippen LogP contribution in [0.3, 0.4) is 0 Å². The fourth-order valence-corrected chi connectivity index (χ4v) is 3.39. The Kier molecular flexibility index (Phi) is 6.26. The lowest BCUT2D eigenvalue weighted by Crippen LogP contribution is -2.53. The molecule has 2 aromatic heterocycles. The number of anilines is 1. The minimum absolute atomic E-state index is 0.457. The largest absolute Gasteiger partial charge is 0.356 e. The van der Waals surface area contributed by atoms with Gasteiger partial charge in [0.25, 0.3) is 0 Å². The fourth-order valence-electron chi connectivity index (χ4n) is 3.39. The van der Waals surface area contributed by atoms with Crippen LogP contribution in [0.4, 0.5) is 5.95 Å². The van der Waals surface area contributed by atoms with E-state index in [-0.39, 0.29) is 0 Å². The van der Waals surface area contributed by atoms with Gasteiger partial charge in [-0.3, -0.25) is 9.67 Å². The number of nitrogens with zero attached hydrogens (tertiary/aromatic N) is 7. The van der Waals surface area contributed by atoms with Crippen molar-refractivity contribution in [2.45, 2.75) is 27.3 Å². The molecule has 0 amide bonds. The second-order valence-corrected chi connectivity index (χ2v) is 7.17. The van der Waals surface area contributed by atoms with Crippen molar-refractivity contribution in [1.82, 2.24) is 30.0 Å². The fraction of sp³-hybridized carbons (Fsp3) is 0.579. The van der Waals surface area contributed by atoms with E-state index in [2.05, 4.69) is 59.8 Å². The number of hydrogen-bond acceptors (Lipinski definition) is 5. The number of piperazine rings is 1. The van der Waals surface area contributed by atoms with E-state index in [1.54, 1.807) is 12.4 Å². The number of aliphatic imine (C=N–C) groups is 1. The highest BCUT2D eigenvalue weighted by molar-refractivity contribution is 5.80. The van der Waals surface area contributed by atoms with Gasteiger partial charge in [-0.1, -0.05) is 6.92 Å². The van der Waals surface area contributed by atoms with Crippen LogP contribution in [-0.4, -0.2) is 70.4 Å². The van der Waals surface area contributed by atoms with Gasteiger partial charge < -0.3 is 15.1 Å². The summed E-state index contributed by atoms with van der Waals surface area (Å²) in [6.07, 6.45) is 3.58. The first-order valence-corrected chi connectivity index (χ1v) is 9.55. The minimum Gasteiger partial charge on any atom is -0.356 e. The zero-order valence-corrected chi connectivity index (χ0v) is 16.8. The van der Waals surface area contributed by atoms with Crippen molar-refractivity contribution in [2.75, 3.05) is 44.7 Å². The van der Waals surface area contributed by atoms with Crippen LogP contribution >= 0.6 is 0 Å². The van der Waals surface area contributed by atoms with Gasteiger partial charge in [0.2, 0.25) is 5.95 Å². The second kappa shape index (κ2) is 8.83. The summed E-state index contributed by atoms with van der Waals surface area (Å²) in [6.45, 7) is 11.8. The Bertz CT molecular complexity index is 746. The molecule has 1 fully saturated rings. The van der Waals surface area contributed by atoms with Crippen molar-refractivity contribution in [3.8, 4) is 0 Å². The third-order valence-electron chi connectivity index (χ3n) is 4.82. The molecule has 2 aromatic rings. The highest BCUT2D eigenvalue weighted by Crippen LogP contribution is 2.10. The van der Waals surface area contributed by atoms with Crippen LogP contribution in [0.1, 0.15) is 18.3 Å². The SMILES string of the molecule is CN=C(NCC(C)Cn1nc(C)cc1C)N1CCN(c2ncccn2)CC1. The number of rotatable bonds is 5. The van der Waals surface area contributed by atoms with Gasteiger partial charge in [-0.2, -0.15) is 5.10 Å². The third-order valence-corrected chi connectivity index (χ3v) is 4.82. The zero-order chi connectivity index (χ0) is 19.2. The quantitative estimate of drug-likeness (QED) is 0.632. The van der Waals surface area contributed by atoms with Crippen molar-refractivity contribution >= 4 is 11.9 Å². The molecule has 8 heteroatoms. The molecule has 27 heavy (non-hydrogen) atoms. The summed E-state index contributed by atoms with van der Waals surface area (Å²) in [5.74, 6) is 2.22. The number of nitrogens with one attached hydrogen (secondary N) is 1. The van der Waals surface area contributed by atoms with Crippen LogP contribution in [-0.2, 0) is 6.54 Å². The minimum atomic E-state index is 0.457. The van der Waals surface area contributed by atoms with E-state index in [0.717, 1.165) is 56.9 Å². The van der Waals surface area contributed by atoms with Gasteiger partial charge in [0.05, 0.1) is 5.69 Å². The first-order valence-electron chi connectivity index (χ1n) is 9.55. The van der Waals surface area contributed by atoms with Crippen LogP contribution in [0.2, 0.25) is 0 Å². The number of aromatic nitrogens is 4. The summed E-state index contributed by atoms with van der Waals surface area (Å²) in [7, 11) is 1.85. The summed E-state index contributed by atoms with van der Waals surface area (Å²) in [5, 5.41) is 8.08. The second-order valence-electron chi connectivity index (χ2n) is 7.17. The Morgan fingerprint density at radius 2 is 1.89 bits per heavy atom. The molecule has 1 N–H and O–H groups in total. The predicted molar refractivity (Wildman–Crippen MR) is 108 cm³/mol. The lowest BCUT2D eigenvalue weighted by molar-refractivity contribution is 0.361. The lowest BCUT2D eigenvalue weighted by atomic mass is 10.2. The molecule has 0 bridgehead atoms. The Morgan fingerprint density at radius 3 is 2.48 bits per heavy atom. The van der Waals surface area contributed by atoms with Crippen molar-refractivity contribution in [2.24, 2.45) is 10.9 Å². The van der Waals surface area contributed by atoms with Crippen LogP contribution in [0, 0.1) is 19.8 Å². The summed E-state index contributed by atoms with van der Waals surface area (Å²) >= 11 is 0. The lowest BCUT2D eigenvalue weighted by Gasteiger charge is -2.36. The van der Waals surface area contributed by atoms with Crippen molar-refractivity contribution < 1.29 is 0 Å². The molecule has 0 radical (unpaired) electrons. The predicted octanol–water partition coefficient (Wildman–Crippen LogP) is 1.32. The zero-order valence-electron chi connectivity index (χ0n) is 16.8. The molecule has 146 valence electrons. The smallest absolute Gasteiger partial charge is 0.225 e. The van der Waals surface area contributed by atoms with E-state index in [9.17, 15) is 0 Å². The third kappa shape index (κ3) is 4.96.